The lowest BCUT2D eigenvalue weighted by atomic mass is 10.0. The number of alkyl halides is 3. The van der Waals surface area contributed by atoms with Gasteiger partial charge in [0.1, 0.15) is 29.8 Å². The van der Waals surface area contributed by atoms with E-state index in [1.165, 1.54) is 23.2 Å². The van der Waals surface area contributed by atoms with E-state index in [0.717, 1.165) is 44.6 Å². The molecule has 11 nitrogen and oxygen atoms in total. The first kappa shape index (κ1) is 30.3. The van der Waals surface area contributed by atoms with E-state index in [1.807, 2.05) is 0 Å². The zero-order valence-electron chi connectivity index (χ0n) is 24.3. The average Bonchev–Trinajstić information content (AvgIpc) is 3.54. The molecule has 0 spiro atoms. The minimum Gasteiger partial charge on any atom is -0.491 e. The van der Waals surface area contributed by atoms with Gasteiger partial charge in [0, 0.05) is 31.9 Å². The molecule has 45 heavy (non-hydrogen) atoms. The normalized spacial score (nSPS) is 16.8. The molecule has 0 bridgehead atoms. The molecule has 2 aromatic carbocycles. The maximum atomic E-state index is 13.3. The number of carbonyl (C=O) groups excluding carboxylic acids is 2. The standard InChI is InChI=1S/C31H31F3N6O5/c1-2-39-10-7-18(8-11-39)40-29(43)21-13-24-25(14-22(21)30(40)44)38-27(37-24)26-23(6-9-35-28(26)42)36-15-19(41)16-45-20-5-3-4-17(12-20)31(32,33)34/h3-6,9,12-14,18-19,41H,2,7-8,10-11,15-16H2,1H3,(H,37,38)(H2,35,36,42)/t19-/m1/s1. The number of nitrogens with zero attached hydrogens (tertiary/aromatic N) is 3. The average molecular weight is 625 g/mol. The number of aliphatic hydroxyl groups is 1. The fourth-order valence-electron chi connectivity index (χ4n) is 5.81. The summed E-state index contributed by atoms with van der Waals surface area (Å²) in [6.07, 6.45) is -2.81. The van der Waals surface area contributed by atoms with Gasteiger partial charge in [0.25, 0.3) is 17.4 Å². The summed E-state index contributed by atoms with van der Waals surface area (Å²) in [5.74, 6) is -0.560. The molecule has 1 atom stereocenters. The molecule has 2 aliphatic rings. The summed E-state index contributed by atoms with van der Waals surface area (Å²) in [6.45, 7) is 4.25. The number of carbonyl (C=O) groups is 2. The number of anilines is 1. The van der Waals surface area contributed by atoms with Crippen molar-refractivity contribution in [2.24, 2.45) is 0 Å². The molecule has 0 saturated carbocycles. The molecule has 236 valence electrons. The van der Waals surface area contributed by atoms with Crippen LogP contribution in [0, 0.1) is 0 Å². The predicted octanol–water partition coefficient (Wildman–Crippen LogP) is 3.87. The Kier molecular flexibility index (Phi) is 8.10. The number of imide groups is 1. The Hall–Kier alpha value is -4.69. The second-order valence-corrected chi connectivity index (χ2v) is 11.1. The summed E-state index contributed by atoms with van der Waals surface area (Å²) in [4.78, 5) is 53.5. The van der Waals surface area contributed by atoms with E-state index in [9.17, 15) is 32.7 Å². The van der Waals surface area contributed by atoms with Gasteiger partial charge in [0.15, 0.2) is 0 Å². The highest BCUT2D eigenvalue weighted by Crippen LogP contribution is 2.33. The van der Waals surface area contributed by atoms with E-state index in [1.54, 1.807) is 18.2 Å². The van der Waals surface area contributed by atoms with Crippen LogP contribution < -0.4 is 15.6 Å². The molecule has 1 saturated heterocycles. The number of imidazole rings is 1. The first-order valence-corrected chi connectivity index (χ1v) is 14.6. The van der Waals surface area contributed by atoms with Gasteiger partial charge in [-0.3, -0.25) is 19.3 Å². The zero-order chi connectivity index (χ0) is 31.9. The molecule has 4 N–H and O–H groups in total. The van der Waals surface area contributed by atoms with Gasteiger partial charge in [0.05, 0.1) is 33.4 Å². The summed E-state index contributed by atoms with van der Waals surface area (Å²) in [5, 5.41) is 13.4. The van der Waals surface area contributed by atoms with E-state index in [4.69, 9.17) is 4.74 Å². The molecule has 4 aromatic rings. The van der Waals surface area contributed by atoms with Gasteiger partial charge in [-0.15, -0.1) is 0 Å². The number of amides is 2. The third-order valence-electron chi connectivity index (χ3n) is 8.22. The number of H-pyrrole nitrogens is 2. The largest absolute Gasteiger partial charge is 0.491 e. The van der Waals surface area contributed by atoms with Crippen LogP contribution in [0.1, 0.15) is 46.0 Å². The van der Waals surface area contributed by atoms with E-state index in [0.29, 0.717) is 16.7 Å². The molecular weight excluding hydrogens is 593 g/mol. The number of piperidine rings is 1. The number of benzene rings is 2. The van der Waals surface area contributed by atoms with Crippen LogP contribution in [0.2, 0.25) is 0 Å². The van der Waals surface area contributed by atoms with Gasteiger partial charge in [-0.1, -0.05) is 13.0 Å². The Morgan fingerprint density at radius 2 is 1.82 bits per heavy atom. The van der Waals surface area contributed by atoms with Crippen LogP contribution in [0.25, 0.3) is 22.4 Å². The summed E-state index contributed by atoms with van der Waals surface area (Å²) in [7, 11) is 0. The number of halogens is 3. The first-order chi connectivity index (χ1) is 21.5. The van der Waals surface area contributed by atoms with Crippen molar-refractivity contribution >= 4 is 28.5 Å². The number of rotatable bonds is 9. The highest BCUT2D eigenvalue weighted by Gasteiger charge is 2.41. The van der Waals surface area contributed by atoms with Gasteiger partial charge < -0.3 is 30.0 Å². The molecule has 6 rings (SSSR count). The van der Waals surface area contributed by atoms with Crippen LogP contribution in [0.3, 0.4) is 0 Å². The Labute approximate surface area is 255 Å². The van der Waals surface area contributed by atoms with Crippen LogP contribution in [0.15, 0.2) is 53.5 Å². The number of likely N-dealkylation sites (tertiary alicyclic amines) is 1. The zero-order valence-corrected chi connectivity index (χ0v) is 24.3. The highest BCUT2D eigenvalue weighted by molar-refractivity contribution is 6.23. The predicted molar refractivity (Wildman–Crippen MR) is 159 cm³/mol. The van der Waals surface area contributed by atoms with Crippen molar-refractivity contribution < 1.29 is 32.6 Å². The third kappa shape index (κ3) is 6.02. The highest BCUT2D eigenvalue weighted by atomic mass is 19.4. The van der Waals surface area contributed by atoms with Crippen molar-refractivity contribution in [1.82, 2.24) is 24.8 Å². The minimum absolute atomic E-state index is 0.0446. The Bertz CT molecular complexity index is 1760. The number of hydrogen-bond donors (Lipinski definition) is 4. The number of pyridine rings is 1. The number of aromatic nitrogens is 3. The van der Waals surface area contributed by atoms with Crippen LogP contribution in [-0.2, 0) is 6.18 Å². The maximum Gasteiger partial charge on any atom is 0.416 e. The van der Waals surface area contributed by atoms with Gasteiger partial charge in [0.2, 0.25) is 0 Å². The van der Waals surface area contributed by atoms with Crippen LogP contribution in [0.5, 0.6) is 5.75 Å². The van der Waals surface area contributed by atoms with Gasteiger partial charge in [-0.05, 0) is 55.8 Å². The SMILES string of the molecule is CCN1CCC(N2C(=O)c3cc4nc(-c5c(NC[C@@H](O)COc6cccc(C(F)(F)F)c6)cc[nH]c5=O)[nH]c4cc3C2=O)CC1. The van der Waals surface area contributed by atoms with Crippen LogP contribution in [-0.4, -0.2) is 86.6 Å². The number of hydrogen-bond acceptors (Lipinski definition) is 8. The van der Waals surface area contributed by atoms with E-state index in [-0.39, 0.29) is 59.3 Å². The lowest BCUT2D eigenvalue weighted by Gasteiger charge is -2.35. The van der Waals surface area contributed by atoms with Gasteiger partial charge in [-0.2, -0.15) is 13.2 Å². The fourth-order valence-corrected chi connectivity index (χ4v) is 5.81. The van der Waals surface area contributed by atoms with Crippen LogP contribution in [0.4, 0.5) is 18.9 Å². The van der Waals surface area contributed by atoms with Crippen molar-refractivity contribution in [2.75, 3.05) is 38.1 Å². The Morgan fingerprint density at radius 3 is 2.53 bits per heavy atom. The van der Waals surface area contributed by atoms with Crippen molar-refractivity contribution in [3.05, 3.63) is 75.7 Å². The van der Waals surface area contributed by atoms with Crippen molar-refractivity contribution in [3.63, 3.8) is 0 Å². The maximum absolute atomic E-state index is 13.3. The van der Waals surface area contributed by atoms with Crippen molar-refractivity contribution in [1.29, 1.82) is 0 Å². The molecule has 14 heteroatoms. The number of aliphatic hydroxyl groups excluding tert-OH is 1. The van der Waals surface area contributed by atoms with Gasteiger partial charge in [-0.25, -0.2) is 4.98 Å². The summed E-state index contributed by atoms with van der Waals surface area (Å²) in [5.41, 5.74) is 0.515. The van der Waals surface area contributed by atoms with E-state index in [2.05, 4.69) is 32.1 Å². The topological polar surface area (TPSA) is 144 Å². The first-order valence-electron chi connectivity index (χ1n) is 14.6. The number of fused-ring (bicyclic) bond motifs is 2. The molecule has 2 amide bonds. The molecule has 1 fully saturated rings. The monoisotopic (exact) mass is 624 g/mol. The number of ether oxygens (including phenoxy) is 1. The Morgan fingerprint density at radius 1 is 1.09 bits per heavy atom. The molecule has 2 aromatic heterocycles. The second kappa shape index (κ2) is 12.0. The molecule has 2 aliphatic heterocycles. The molecule has 0 aliphatic carbocycles. The van der Waals surface area contributed by atoms with Crippen LogP contribution >= 0.6 is 0 Å². The third-order valence-corrected chi connectivity index (χ3v) is 8.22. The molecular formula is C31H31F3N6O5. The lowest BCUT2D eigenvalue weighted by Crippen LogP contribution is -2.47. The quantitative estimate of drug-likeness (QED) is 0.206. The molecule has 4 heterocycles. The number of nitrogens with one attached hydrogen (secondary N) is 3. The lowest BCUT2D eigenvalue weighted by molar-refractivity contribution is -0.137. The second-order valence-electron chi connectivity index (χ2n) is 11.1. The molecule has 0 unspecified atom stereocenters. The van der Waals surface area contributed by atoms with Crippen molar-refractivity contribution in [3.8, 4) is 17.1 Å². The summed E-state index contributed by atoms with van der Waals surface area (Å²) >= 11 is 0. The van der Waals surface area contributed by atoms with Gasteiger partial charge >= 0.3 is 6.18 Å². The fraction of sp³-hybridized carbons (Fsp3) is 0.355. The number of aromatic amines is 2. The summed E-state index contributed by atoms with van der Waals surface area (Å²) in [6, 6.07) is 8.89. The van der Waals surface area contributed by atoms with E-state index >= 15 is 0 Å². The summed E-state index contributed by atoms with van der Waals surface area (Å²) < 4.78 is 44.3. The Balaban J connectivity index is 1.17. The van der Waals surface area contributed by atoms with E-state index < -0.39 is 23.4 Å². The minimum atomic E-state index is -4.52. The smallest absolute Gasteiger partial charge is 0.416 e. The van der Waals surface area contributed by atoms with Crippen molar-refractivity contribution in [2.45, 2.75) is 38.1 Å². The molecule has 0 radical (unpaired) electrons.